The van der Waals surface area contributed by atoms with Crippen LogP contribution in [0.15, 0.2) is 36.4 Å². The lowest BCUT2D eigenvalue weighted by molar-refractivity contribution is -0.143. The molecule has 1 aromatic carbocycles. The van der Waals surface area contributed by atoms with Gasteiger partial charge >= 0.3 is 12.1 Å². The summed E-state index contributed by atoms with van der Waals surface area (Å²) in [5, 5.41) is 9.36. The first-order valence-electron chi connectivity index (χ1n) is 8.46. The molecule has 1 N–H and O–H groups in total. The van der Waals surface area contributed by atoms with E-state index >= 15 is 0 Å². The number of halogens is 3. The smallest absolute Gasteiger partial charge is 0.416 e. The second-order valence-corrected chi connectivity index (χ2v) is 7.97. The summed E-state index contributed by atoms with van der Waals surface area (Å²) < 4.78 is 39.5. The average Bonchev–Trinajstić information content (AvgIpc) is 3.01. The van der Waals surface area contributed by atoms with E-state index in [1.165, 1.54) is 23.5 Å². The number of carboxylic acids is 1. The molecule has 2 heterocycles. The molecule has 0 amide bonds. The van der Waals surface area contributed by atoms with Gasteiger partial charge in [0.05, 0.1) is 17.5 Å². The van der Waals surface area contributed by atoms with E-state index in [9.17, 15) is 23.1 Å². The molecule has 1 aliphatic heterocycles. The fourth-order valence-corrected chi connectivity index (χ4v) is 4.52. The largest absolute Gasteiger partial charge is 0.481 e. The molecule has 2 atom stereocenters. The standard InChI is InChI=1S/C19H20F3NO2S/c1-12-7-8-16(26-12)17(23-9-3-5-14(11-23)18(24)25)13-4-2-6-15(10-13)19(20,21)22/h2,4,6-8,10,14,17H,3,5,9,11H2,1H3,(H,24,25). The van der Waals surface area contributed by atoms with Gasteiger partial charge in [-0.2, -0.15) is 13.2 Å². The Morgan fingerprint density at radius 3 is 2.69 bits per heavy atom. The summed E-state index contributed by atoms with van der Waals surface area (Å²) in [5.74, 6) is -1.34. The van der Waals surface area contributed by atoms with Gasteiger partial charge in [-0.05, 0) is 56.1 Å². The van der Waals surface area contributed by atoms with Gasteiger partial charge in [0.25, 0.3) is 0 Å². The van der Waals surface area contributed by atoms with Gasteiger partial charge in [0.15, 0.2) is 0 Å². The van der Waals surface area contributed by atoms with Crippen molar-refractivity contribution >= 4 is 17.3 Å². The van der Waals surface area contributed by atoms with Gasteiger partial charge in [-0.25, -0.2) is 0 Å². The van der Waals surface area contributed by atoms with Gasteiger partial charge in [-0.3, -0.25) is 9.69 Å². The number of aryl methyl sites for hydroxylation is 1. The molecule has 2 unspecified atom stereocenters. The van der Waals surface area contributed by atoms with Crippen LogP contribution in [0.5, 0.6) is 0 Å². The first-order valence-corrected chi connectivity index (χ1v) is 9.27. The molecule has 140 valence electrons. The van der Waals surface area contributed by atoms with Gasteiger partial charge in [-0.1, -0.05) is 12.1 Å². The lowest BCUT2D eigenvalue weighted by Gasteiger charge is -2.37. The fourth-order valence-electron chi connectivity index (χ4n) is 3.48. The van der Waals surface area contributed by atoms with Crippen LogP contribution in [0.25, 0.3) is 0 Å². The van der Waals surface area contributed by atoms with E-state index in [-0.39, 0.29) is 6.04 Å². The number of alkyl halides is 3. The van der Waals surface area contributed by atoms with Crippen molar-refractivity contribution in [3.63, 3.8) is 0 Å². The Morgan fingerprint density at radius 2 is 2.08 bits per heavy atom. The van der Waals surface area contributed by atoms with Crippen LogP contribution in [0.3, 0.4) is 0 Å². The number of likely N-dealkylation sites (tertiary alicyclic amines) is 1. The molecule has 2 aromatic rings. The third kappa shape index (κ3) is 4.10. The highest BCUT2D eigenvalue weighted by molar-refractivity contribution is 7.12. The van der Waals surface area contributed by atoms with Gasteiger partial charge in [-0.15, -0.1) is 11.3 Å². The predicted molar refractivity (Wildman–Crippen MR) is 94.3 cm³/mol. The molecule has 3 rings (SSSR count). The van der Waals surface area contributed by atoms with Crippen LogP contribution < -0.4 is 0 Å². The Kier molecular flexibility index (Phi) is 5.39. The molecule has 0 spiro atoms. The second kappa shape index (κ2) is 7.40. The first-order chi connectivity index (χ1) is 12.3. The first kappa shape index (κ1) is 18.9. The topological polar surface area (TPSA) is 40.5 Å². The maximum Gasteiger partial charge on any atom is 0.416 e. The van der Waals surface area contributed by atoms with Crippen molar-refractivity contribution in [3.05, 3.63) is 57.3 Å². The Morgan fingerprint density at radius 1 is 1.31 bits per heavy atom. The van der Waals surface area contributed by atoms with Crippen LogP contribution in [0.1, 0.15) is 39.8 Å². The number of hydrogen-bond donors (Lipinski definition) is 1. The molecule has 1 fully saturated rings. The minimum atomic E-state index is -4.41. The van der Waals surface area contributed by atoms with Crippen molar-refractivity contribution < 1.29 is 23.1 Å². The number of carbonyl (C=O) groups is 1. The van der Waals surface area contributed by atoms with Crippen LogP contribution in [-0.2, 0) is 11.0 Å². The van der Waals surface area contributed by atoms with E-state index in [2.05, 4.69) is 0 Å². The number of aliphatic carboxylic acids is 1. The molecule has 1 aromatic heterocycles. The second-order valence-electron chi connectivity index (χ2n) is 6.65. The van der Waals surface area contributed by atoms with E-state index < -0.39 is 23.6 Å². The highest BCUT2D eigenvalue weighted by Crippen LogP contribution is 2.38. The maximum atomic E-state index is 13.2. The number of hydrogen-bond acceptors (Lipinski definition) is 3. The van der Waals surface area contributed by atoms with Crippen molar-refractivity contribution in [1.29, 1.82) is 0 Å². The average molecular weight is 383 g/mol. The summed E-state index contributed by atoms with van der Waals surface area (Å²) in [4.78, 5) is 15.4. The third-order valence-corrected chi connectivity index (χ3v) is 5.78. The van der Waals surface area contributed by atoms with Crippen molar-refractivity contribution in [2.75, 3.05) is 13.1 Å². The molecule has 26 heavy (non-hydrogen) atoms. The minimum Gasteiger partial charge on any atom is -0.481 e. The van der Waals surface area contributed by atoms with Crippen LogP contribution in [0.4, 0.5) is 13.2 Å². The summed E-state index contributed by atoms with van der Waals surface area (Å²) in [6.45, 7) is 2.96. The fraction of sp³-hybridized carbons (Fsp3) is 0.421. The van der Waals surface area contributed by atoms with E-state index in [1.54, 1.807) is 6.07 Å². The molecule has 3 nitrogen and oxygen atoms in total. The van der Waals surface area contributed by atoms with Crippen LogP contribution in [0.2, 0.25) is 0 Å². The van der Waals surface area contributed by atoms with E-state index in [1.807, 2.05) is 24.0 Å². The molecular weight excluding hydrogens is 363 g/mol. The lowest BCUT2D eigenvalue weighted by Crippen LogP contribution is -2.41. The number of thiophene rings is 1. The Labute approximate surface area is 154 Å². The number of nitrogens with zero attached hydrogens (tertiary/aromatic N) is 1. The highest BCUT2D eigenvalue weighted by atomic mass is 32.1. The summed E-state index contributed by atoms with van der Waals surface area (Å²) in [7, 11) is 0. The van der Waals surface area contributed by atoms with Crippen molar-refractivity contribution in [2.24, 2.45) is 5.92 Å². The van der Waals surface area contributed by atoms with Gasteiger partial charge < -0.3 is 5.11 Å². The number of carboxylic acid groups (broad SMARTS) is 1. The Balaban J connectivity index is 2.01. The molecule has 0 aliphatic carbocycles. The van der Waals surface area contributed by atoms with E-state index in [0.29, 0.717) is 25.1 Å². The SMILES string of the molecule is Cc1ccc(C(c2cccc(C(F)(F)F)c2)N2CCCC(C(=O)O)C2)s1. The molecule has 0 saturated carbocycles. The molecule has 0 bridgehead atoms. The normalized spacial score (nSPS) is 20.1. The summed E-state index contributed by atoms with van der Waals surface area (Å²) in [5.41, 5.74) is -0.132. The van der Waals surface area contributed by atoms with Crippen LogP contribution in [-0.4, -0.2) is 29.1 Å². The van der Waals surface area contributed by atoms with Gasteiger partial charge in [0.2, 0.25) is 0 Å². The van der Waals surface area contributed by atoms with Crippen LogP contribution in [0, 0.1) is 12.8 Å². The third-order valence-electron chi connectivity index (χ3n) is 4.73. The zero-order chi connectivity index (χ0) is 18.9. The number of piperidine rings is 1. The van der Waals surface area contributed by atoms with Crippen molar-refractivity contribution in [1.82, 2.24) is 4.90 Å². The van der Waals surface area contributed by atoms with E-state index in [4.69, 9.17) is 0 Å². The number of rotatable bonds is 4. The monoisotopic (exact) mass is 383 g/mol. The molecular formula is C19H20F3NO2S. The molecule has 0 radical (unpaired) electrons. The quantitative estimate of drug-likeness (QED) is 0.811. The summed E-state index contributed by atoms with van der Waals surface area (Å²) >= 11 is 1.54. The Bertz CT molecular complexity index is 787. The number of benzene rings is 1. The molecule has 1 aliphatic rings. The zero-order valence-corrected chi connectivity index (χ0v) is 15.1. The molecule has 1 saturated heterocycles. The zero-order valence-electron chi connectivity index (χ0n) is 14.3. The van der Waals surface area contributed by atoms with Crippen molar-refractivity contribution in [3.8, 4) is 0 Å². The summed E-state index contributed by atoms with van der Waals surface area (Å²) in [6, 6.07) is 8.87. The van der Waals surface area contributed by atoms with Gasteiger partial charge in [0, 0.05) is 16.3 Å². The maximum absolute atomic E-state index is 13.2. The highest BCUT2D eigenvalue weighted by Gasteiger charge is 2.34. The predicted octanol–water partition coefficient (Wildman–Crippen LogP) is 4.96. The molecule has 7 heteroatoms. The summed E-state index contributed by atoms with van der Waals surface area (Å²) in [6.07, 6.45) is -3.08. The van der Waals surface area contributed by atoms with Crippen molar-refractivity contribution in [2.45, 2.75) is 32.0 Å². The van der Waals surface area contributed by atoms with E-state index in [0.717, 1.165) is 22.2 Å². The van der Waals surface area contributed by atoms with Crippen LogP contribution >= 0.6 is 11.3 Å². The minimum absolute atomic E-state index is 0.340. The lowest BCUT2D eigenvalue weighted by atomic mass is 9.93. The van der Waals surface area contributed by atoms with Gasteiger partial charge in [0.1, 0.15) is 0 Å². The Hall–Kier alpha value is -1.86.